The normalized spacial score (nSPS) is 12.6. The lowest BCUT2D eigenvalue weighted by molar-refractivity contribution is -0.150. The number of rotatable bonds is 3. The molecule has 0 aliphatic heterocycles. The summed E-state index contributed by atoms with van der Waals surface area (Å²) in [6, 6.07) is 3.36. The Morgan fingerprint density at radius 3 is 2.47 bits per heavy atom. The number of methoxy groups -OCH3 is 1. The Morgan fingerprint density at radius 1 is 1.41 bits per heavy atom. The summed E-state index contributed by atoms with van der Waals surface area (Å²) in [6.07, 6.45) is -1.48. The number of aliphatic hydroxyl groups excluding tert-OH is 1. The Hall–Kier alpha value is -1.07. The Balaban J connectivity index is 3.27. The molecular weight excluding hydrogens is 288 g/mol. The number of aromatic hydroxyl groups is 1. The second-order valence-corrected chi connectivity index (χ2v) is 4.88. The van der Waals surface area contributed by atoms with Crippen molar-refractivity contribution in [2.24, 2.45) is 0 Å². The Bertz CT molecular complexity index is 429. The largest absolute Gasteiger partial charge is 0.506 e. The van der Waals surface area contributed by atoms with Crippen LogP contribution in [0.4, 0.5) is 0 Å². The molecule has 94 valence electrons. The molecule has 1 aromatic carbocycles. The number of benzene rings is 1. The van der Waals surface area contributed by atoms with E-state index in [0.717, 1.165) is 5.56 Å². The number of phenols is 1. The van der Waals surface area contributed by atoms with Gasteiger partial charge in [0.05, 0.1) is 11.6 Å². The molecule has 1 unspecified atom stereocenters. The minimum Gasteiger partial charge on any atom is -0.506 e. The van der Waals surface area contributed by atoms with Gasteiger partial charge >= 0.3 is 5.97 Å². The molecule has 0 aliphatic rings. The van der Waals surface area contributed by atoms with Crippen molar-refractivity contribution >= 4 is 21.9 Å². The van der Waals surface area contributed by atoms with Crippen LogP contribution < -0.4 is 0 Å². The van der Waals surface area contributed by atoms with Crippen LogP contribution in [0, 0.1) is 0 Å². The minimum absolute atomic E-state index is 0.146. The third-order valence-corrected chi connectivity index (χ3v) is 3.11. The van der Waals surface area contributed by atoms with E-state index in [1.807, 2.05) is 13.8 Å². The Morgan fingerprint density at radius 2 is 2.00 bits per heavy atom. The van der Waals surface area contributed by atoms with E-state index < -0.39 is 12.1 Å². The van der Waals surface area contributed by atoms with Gasteiger partial charge in [0.25, 0.3) is 0 Å². The van der Waals surface area contributed by atoms with Crippen molar-refractivity contribution in [2.75, 3.05) is 7.11 Å². The molecule has 0 aromatic heterocycles. The van der Waals surface area contributed by atoms with Crippen LogP contribution in [-0.4, -0.2) is 23.3 Å². The van der Waals surface area contributed by atoms with Crippen molar-refractivity contribution in [3.05, 3.63) is 27.7 Å². The summed E-state index contributed by atoms with van der Waals surface area (Å²) in [6.45, 7) is 3.96. The first kappa shape index (κ1) is 14.0. The zero-order valence-electron chi connectivity index (χ0n) is 9.90. The third kappa shape index (κ3) is 2.98. The summed E-state index contributed by atoms with van der Waals surface area (Å²) in [4.78, 5) is 11.3. The van der Waals surface area contributed by atoms with Gasteiger partial charge in [0.2, 0.25) is 0 Å². The molecule has 0 fully saturated rings. The van der Waals surface area contributed by atoms with Gasteiger partial charge in [-0.05, 0) is 39.5 Å². The summed E-state index contributed by atoms with van der Waals surface area (Å²) in [5, 5.41) is 19.5. The van der Waals surface area contributed by atoms with Crippen LogP contribution in [0.3, 0.4) is 0 Å². The van der Waals surface area contributed by atoms with Gasteiger partial charge in [0, 0.05) is 5.56 Å². The molecule has 17 heavy (non-hydrogen) atoms. The number of esters is 1. The average molecular weight is 303 g/mol. The average Bonchev–Trinajstić information content (AvgIpc) is 2.30. The lowest BCUT2D eigenvalue weighted by Gasteiger charge is -2.15. The first-order valence-corrected chi connectivity index (χ1v) is 5.96. The lowest BCUT2D eigenvalue weighted by atomic mass is 9.98. The van der Waals surface area contributed by atoms with Crippen LogP contribution in [0.2, 0.25) is 0 Å². The molecule has 5 heteroatoms. The van der Waals surface area contributed by atoms with Gasteiger partial charge < -0.3 is 14.9 Å². The van der Waals surface area contributed by atoms with E-state index in [-0.39, 0.29) is 17.2 Å². The van der Waals surface area contributed by atoms with Crippen molar-refractivity contribution in [1.82, 2.24) is 0 Å². The van der Waals surface area contributed by atoms with Gasteiger partial charge in [0.15, 0.2) is 6.10 Å². The van der Waals surface area contributed by atoms with Gasteiger partial charge in [-0.1, -0.05) is 13.8 Å². The molecule has 1 rings (SSSR count). The molecule has 0 aliphatic carbocycles. The molecule has 0 saturated carbocycles. The number of carbonyl (C=O) groups is 1. The van der Waals surface area contributed by atoms with Gasteiger partial charge in [-0.3, -0.25) is 0 Å². The summed E-state index contributed by atoms with van der Waals surface area (Å²) < 4.78 is 4.89. The number of halogens is 1. The predicted octanol–water partition coefficient (Wildman–Crippen LogP) is 2.48. The number of carbonyl (C=O) groups excluding carboxylic acids is 1. The van der Waals surface area contributed by atoms with E-state index in [9.17, 15) is 15.0 Å². The number of phenolic OH excluding ortho intramolecular Hbond substituents is 1. The van der Waals surface area contributed by atoms with Crippen LogP contribution in [-0.2, 0) is 9.53 Å². The second-order valence-electron chi connectivity index (χ2n) is 4.02. The zero-order chi connectivity index (χ0) is 13.2. The highest BCUT2D eigenvalue weighted by Gasteiger charge is 2.23. The van der Waals surface area contributed by atoms with Gasteiger partial charge in [0.1, 0.15) is 5.75 Å². The molecule has 0 bridgehead atoms. The maximum absolute atomic E-state index is 11.3. The molecule has 2 N–H and O–H groups in total. The van der Waals surface area contributed by atoms with E-state index in [1.54, 1.807) is 12.1 Å². The summed E-state index contributed by atoms with van der Waals surface area (Å²) in [5.41, 5.74) is 1.06. The third-order valence-electron chi connectivity index (χ3n) is 2.50. The van der Waals surface area contributed by atoms with E-state index in [1.165, 1.54) is 7.11 Å². The van der Waals surface area contributed by atoms with E-state index in [4.69, 9.17) is 0 Å². The van der Waals surface area contributed by atoms with Crippen molar-refractivity contribution in [1.29, 1.82) is 0 Å². The predicted molar refractivity (Wildman–Crippen MR) is 66.9 cm³/mol. The number of hydrogen-bond acceptors (Lipinski definition) is 4. The number of ether oxygens (including phenoxy) is 1. The summed E-state index contributed by atoms with van der Waals surface area (Å²) in [5.74, 6) is -0.726. The highest BCUT2D eigenvalue weighted by atomic mass is 79.9. The molecule has 0 saturated heterocycles. The molecule has 4 nitrogen and oxygen atoms in total. The fraction of sp³-hybridized carbons (Fsp3) is 0.417. The first-order valence-electron chi connectivity index (χ1n) is 5.16. The standard InChI is InChI=1S/C12H15BrO4/c1-6(2)7-4-8(10(14)9(13)5-7)11(15)12(16)17-3/h4-6,11,14-15H,1-3H3. The van der Waals surface area contributed by atoms with Crippen LogP contribution in [0.1, 0.15) is 37.0 Å². The fourth-order valence-corrected chi connectivity index (χ4v) is 1.92. The second kappa shape index (κ2) is 5.51. The SMILES string of the molecule is COC(=O)C(O)c1cc(C(C)C)cc(Br)c1O. The summed E-state index contributed by atoms with van der Waals surface area (Å²) >= 11 is 3.19. The van der Waals surface area contributed by atoms with Crippen LogP contribution in [0.5, 0.6) is 5.75 Å². The first-order chi connectivity index (χ1) is 7.88. The Labute approximate surface area is 108 Å². The monoisotopic (exact) mass is 302 g/mol. The molecule has 0 radical (unpaired) electrons. The van der Waals surface area contributed by atoms with E-state index in [0.29, 0.717) is 4.47 Å². The van der Waals surface area contributed by atoms with Gasteiger partial charge in [-0.2, -0.15) is 0 Å². The van der Waals surface area contributed by atoms with Crippen molar-refractivity contribution < 1.29 is 19.7 Å². The maximum atomic E-state index is 11.3. The van der Waals surface area contributed by atoms with Crippen LogP contribution in [0.15, 0.2) is 16.6 Å². The smallest absolute Gasteiger partial charge is 0.339 e. The van der Waals surface area contributed by atoms with Gasteiger partial charge in [-0.15, -0.1) is 0 Å². The van der Waals surface area contributed by atoms with Crippen molar-refractivity contribution in [2.45, 2.75) is 25.9 Å². The highest BCUT2D eigenvalue weighted by molar-refractivity contribution is 9.10. The van der Waals surface area contributed by atoms with Crippen molar-refractivity contribution in [3.8, 4) is 5.75 Å². The molecule has 0 amide bonds. The highest BCUT2D eigenvalue weighted by Crippen LogP contribution is 2.35. The number of aliphatic hydroxyl groups is 1. The van der Waals surface area contributed by atoms with E-state index in [2.05, 4.69) is 20.7 Å². The topological polar surface area (TPSA) is 66.8 Å². The quantitative estimate of drug-likeness (QED) is 0.842. The molecule has 1 aromatic rings. The van der Waals surface area contributed by atoms with Crippen molar-refractivity contribution in [3.63, 3.8) is 0 Å². The molecule has 0 heterocycles. The minimum atomic E-state index is -1.48. The van der Waals surface area contributed by atoms with E-state index >= 15 is 0 Å². The fourth-order valence-electron chi connectivity index (χ4n) is 1.42. The van der Waals surface area contributed by atoms with Crippen LogP contribution >= 0.6 is 15.9 Å². The Kier molecular flexibility index (Phi) is 4.54. The lowest BCUT2D eigenvalue weighted by Crippen LogP contribution is -2.14. The van der Waals surface area contributed by atoms with Gasteiger partial charge in [-0.25, -0.2) is 4.79 Å². The molecular formula is C12H15BrO4. The summed E-state index contributed by atoms with van der Waals surface area (Å²) in [7, 11) is 1.18. The molecule has 1 atom stereocenters. The van der Waals surface area contributed by atoms with Crippen LogP contribution in [0.25, 0.3) is 0 Å². The molecule has 0 spiro atoms. The zero-order valence-corrected chi connectivity index (χ0v) is 11.5. The maximum Gasteiger partial charge on any atom is 0.339 e. The number of hydrogen-bond donors (Lipinski definition) is 2.